The summed E-state index contributed by atoms with van der Waals surface area (Å²) in [6, 6.07) is 4.71. The quantitative estimate of drug-likeness (QED) is 0.0718. The molecule has 0 saturated carbocycles. The maximum atomic E-state index is 6.74. The van der Waals surface area contributed by atoms with Crippen LogP contribution in [0, 0.1) is 5.92 Å². The predicted molar refractivity (Wildman–Crippen MR) is 197 cm³/mol. The highest BCUT2D eigenvalue weighted by molar-refractivity contribution is 5.53. The first kappa shape index (κ1) is 39.4. The lowest BCUT2D eigenvalue weighted by Crippen LogP contribution is -2.19. The van der Waals surface area contributed by atoms with Crippen LogP contribution in [0.1, 0.15) is 173 Å². The van der Waals surface area contributed by atoms with Gasteiger partial charge in [0.2, 0.25) is 0 Å². The topological polar surface area (TPSA) is 70.5 Å². The van der Waals surface area contributed by atoms with E-state index in [9.17, 15) is 0 Å². The fourth-order valence-electron chi connectivity index (χ4n) is 6.83. The van der Waals surface area contributed by atoms with E-state index in [1.807, 2.05) is 0 Å². The Morgan fingerprint density at radius 1 is 0.711 bits per heavy atom. The molecule has 4 nitrogen and oxygen atoms in total. The standard InChI is InChI=1S/C41H72N2O2/c1-5-6-19-24-36-32-39(44-29-22-17-13-9-7-11-15-20-27-42)41(38-31-35(4)25-26-37(38)34(2)3)40(33-36)45-30-23-18-14-10-8-12-16-21-28-43/h31-33,37-38H,2,5-30,42-43H2,1,3-4H3/t37-,38+/m0/s1. The third kappa shape index (κ3) is 16.6. The molecule has 4 N–H and O–H groups in total. The van der Waals surface area contributed by atoms with Crippen LogP contribution in [0.15, 0.2) is 35.9 Å². The lowest BCUT2D eigenvalue weighted by molar-refractivity contribution is 0.278. The van der Waals surface area contributed by atoms with Crippen LogP contribution in [0.2, 0.25) is 0 Å². The van der Waals surface area contributed by atoms with Crippen molar-refractivity contribution in [1.29, 1.82) is 0 Å². The Morgan fingerprint density at radius 3 is 1.62 bits per heavy atom. The number of hydrogen-bond donors (Lipinski definition) is 2. The third-order valence-electron chi connectivity index (χ3n) is 9.66. The van der Waals surface area contributed by atoms with Crippen molar-refractivity contribution in [3.63, 3.8) is 0 Å². The van der Waals surface area contributed by atoms with E-state index in [4.69, 9.17) is 20.9 Å². The maximum absolute atomic E-state index is 6.74. The molecule has 1 aromatic carbocycles. The van der Waals surface area contributed by atoms with Crippen LogP contribution >= 0.6 is 0 Å². The Labute approximate surface area is 279 Å². The third-order valence-corrected chi connectivity index (χ3v) is 9.66. The van der Waals surface area contributed by atoms with Gasteiger partial charge in [-0.3, -0.25) is 0 Å². The van der Waals surface area contributed by atoms with Crippen LogP contribution in [-0.2, 0) is 6.42 Å². The second kappa shape index (κ2) is 25.3. The zero-order chi connectivity index (χ0) is 32.5. The Balaban J connectivity index is 2.15. The molecule has 0 unspecified atom stereocenters. The molecule has 0 spiro atoms. The molecule has 0 aliphatic heterocycles. The van der Waals surface area contributed by atoms with Crippen molar-refractivity contribution in [3.8, 4) is 11.5 Å². The Morgan fingerprint density at radius 2 is 1.18 bits per heavy atom. The van der Waals surface area contributed by atoms with Gasteiger partial charge in [0.25, 0.3) is 0 Å². The molecule has 45 heavy (non-hydrogen) atoms. The van der Waals surface area contributed by atoms with Gasteiger partial charge in [-0.2, -0.15) is 0 Å². The number of aryl methyl sites for hydroxylation is 1. The van der Waals surface area contributed by atoms with Crippen LogP contribution < -0.4 is 20.9 Å². The molecular formula is C41H72N2O2. The van der Waals surface area contributed by atoms with Crippen LogP contribution in [0.3, 0.4) is 0 Å². The summed E-state index contributed by atoms with van der Waals surface area (Å²) in [5.41, 5.74) is 16.6. The monoisotopic (exact) mass is 625 g/mol. The first-order valence-corrected chi connectivity index (χ1v) is 19.2. The minimum Gasteiger partial charge on any atom is -0.493 e. The van der Waals surface area contributed by atoms with E-state index in [0.29, 0.717) is 5.92 Å². The van der Waals surface area contributed by atoms with E-state index in [1.54, 1.807) is 0 Å². The lowest BCUT2D eigenvalue weighted by atomic mass is 9.73. The predicted octanol–water partition coefficient (Wildman–Crippen LogP) is 11.4. The van der Waals surface area contributed by atoms with Crippen molar-refractivity contribution in [2.24, 2.45) is 17.4 Å². The van der Waals surface area contributed by atoms with Crippen LogP contribution in [0.5, 0.6) is 11.5 Å². The lowest BCUT2D eigenvalue weighted by Gasteiger charge is -2.33. The molecule has 0 saturated heterocycles. The number of ether oxygens (including phenoxy) is 2. The fraction of sp³-hybridized carbons (Fsp3) is 0.756. The molecular weight excluding hydrogens is 552 g/mol. The highest BCUT2D eigenvalue weighted by atomic mass is 16.5. The molecule has 1 aromatic rings. The smallest absolute Gasteiger partial charge is 0.127 e. The van der Waals surface area contributed by atoms with Crippen LogP contribution in [-0.4, -0.2) is 26.3 Å². The summed E-state index contributed by atoms with van der Waals surface area (Å²) in [6.07, 6.45) is 29.6. The summed E-state index contributed by atoms with van der Waals surface area (Å²) in [5, 5.41) is 0. The Kier molecular flexibility index (Phi) is 22.2. The number of benzene rings is 1. The molecule has 258 valence electrons. The molecule has 1 aliphatic rings. The van der Waals surface area contributed by atoms with Crippen LogP contribution in [0.25, 0.3) is 0 Å². The maximum Gasteiger partial charge on any atom is 0.127 e. The van der Waals surface area contributed by atoms with Gasteiger partial charge in [0.1, 0.15) is 11.5 Å². The van der Waals surface area contributed by atoms with E-state index in [-0.39, 0.29) is 5.92 Å². The summed E-state index contributed by atoms with van der Waals surface area (Å²) < 4.78 is 13.5. The largest absolute Gasteiger partial charge is 0.493 e. The highest BCUT2D eigenvalue weighted by Gasteiger charge is 2.31. The highest BCUT2D eigenvalue weighted by Crippen LogP contribution is 2.47. The van der Waals surface area contributed by atoms with Gasteiger partial charge in [-0.15, -0.1) is 0 Å². The molecule has 2 atom stereocenters. The molecule has 1 aliphatic carbocycles. The number of hydrogen-bond acceptors (Lipinski definition) is 4. The van der Waals surface area contributed by atoms with Gasteiger partial charge in [-0.05, 0) is 102 Å². The molecule has 0 aromatic heterocycles. The summed E-state index contributed by atoms with van der Waals surface area (Å²) in [4.78, 5) is 0. The molecule has 0 radical (unpaired) electrons. The minimum absolute atomic E-state index is 0.257. The molecule has 0 bridgehead atoms. The van der Waals surface area contributed by atoms with Gasteiger partial charge < -0.3 is 20.9 Å². The van der Waals surface area contributed by atoms with Crippen molar-refractivity contribution >= 4 is 0 Å². The van der Waals surface area contributed by atoms with E-state index in [2.05, 4.69) is 45.6 Å². The average molecular weight is 625 g/mol. The summed E-state index contributed by atoms with van der Waals surface area (Å²) >= 11 is 0. The van der Waals surface area contributed by atoms with Crippen molar-refractivity contribution in [2.45, 2.75) is 168 Å². The van der Waals surface area contributed by atoms with Gasteiger partial charge in [0, 0.05) is 11.5 Å². The molecule has 0 heterocycles. The SMILES string of the molecule is C=C(C)[C@@H]1CCC(C)=C[C@H]1c1c(OCCCCCCCCCCN)cc(CCCCC)cc1OCCCCCCCCCCN. The summed E-state index contributed by atoms with van der Waals surface area (Å²) in [7, 11) is 0. The molecule has 0 fully saturated rings. The first-order valence-electron chi connectivity index (χ1n) is 19.2. The second-order valence-corrected chi connectivity index (χ2v) is 13.9. The number of rotatable bonds is 28. The van der Waals surface area contributed by atoms with E-state index < -0.39 is 0 Å². The molecule has 2 rings (SSSR count). The van der Waals surface area contributed by atoms with Gasteiger partial charge in [0.05, 0.1) is 13.2 Å². The second-order valence-electron chi connectivity index (χ2n) is 13.9. The van der Waals surface area contributed by atoms with Crippen molar-refractivity contribution in [3.05, 3.63) is 47.1 Å². The van der Waals surface area contributed by atoms with E-state index >= 15 is 0 Å². The first-order chi connectivity index (χ1) is 22.0. The molecule has 4 heteroatoms. The zero-order valence-corrected chi connectivity index (χ0v) is 29.9. The van der Waals surface area contributed by atoms with E-state index in [0.717, 1.165) is 82.7 Å². The summed E-state index contributed by atoms with van der Waals surface area (Å²) in [5.74, 6) is 2.79. The van der Waals surface area contributed by atoms with Crippen molar-refractivity contribution < 1.29 is 9.47 Å². The van der Waals surface area contributed by atoms with Crippen LogP contribution in [0.4, 0.5) is 0 Å². The van der Waals surface area contributed by atoms with Crippen molar-refractivity contribution in [1.82, 2.24) is 0 Å². The minimum atomic E-state index is 0.257. The summed E-state index contributed by atoms with van der Waals surface area (Å²) in [6.45, 7) is 14.4. The van der Waals surface area contributed by atoms with Gasteiger partial charge >= 0.3 is 0 Å². The fourth-order valence-corrected chi connectivity index (χ4v) is 6.83. The molecule has 0 amide bonds. The van der Waals surface area contributed by atoms with E-state index in [1.165, 1.54) is 119 Å². The Hall–Kier alpha value is -1.78. The number of unbranched alkanes of at least 4 members (excludes halogenated alkanes) is 16. The number of allylic oxidation sites excluding steroid dienone is 3. The van der Waals surface area contributed by atoms with Gasteiger partial charge in [0.15, 0.2) is 0 Å². The number of nitrogens with two attached hydrogens (primary N) is 2. The van der Waals surface area contributed by atoms with Crippen molar-refractivity contribution in [2.75, 3.05) is 26.3 Å². The zero-order valence-electron chi connectivity index (χ0n) is 29.9. The average Bonchev–Trinajstić information content (AvgIpc) is 3.02. The van der Waals surface area contributed by atoms with Gasteiger partial charge in [-0.25, -0.2) is 0 Å². The Bertz CT molecular complexity index is 894. The normalized spacial score (nSPS) is 16.5. The van der Waals surface area contributed by atoms with Gasteiger partial charge in [-0.1, -0.05) is 121 Å².